The Labute approximate surface area is 180 Å². The molecule has 0 radical (unpaired) electrons. The molecule has 9 nitrogen and oxygen atoms in total. The Balaban J connectivity index is 1.98. The second kappa shape index (κ2) is 9.59. The number of imidazole rings is 1. The standard InChI is InChI=1S/C21H28FN7O2/c1-6-8-15(21(23-4)31-5)26-19-20-24-9-13(3)29(20)12-17(27-19)28-10-14(22)16(11-28)25-18(30)7-2/h7-9,12,14,16H,2,6,10-11H2,1,3-5H3,(H,25,30)(H,26,27)/b15-8+,23-21?. The lowest BCUT2D eigenvalue weighted by Gasteiger charge is -2.20. The molecule has 166 valence electrons. The van der Waals surface area contributed by atoms with Gasteiger partial charge in [-0.15, -0.1) is 0 Å². The summed E-state index contributed by atoms with van der Waals surface area (Å²) in [5, 5.41) is 5.91. The van der Waals surface area contributed by atoms with Gasteiger partial charge in [0.15, 0.2) is 11.5 Å². The lowest BCUT2D eigenvalue weighted by atomic mass is 10.2. The minimum absolute atomic E-state index is 0.116. The number of carbonyl (C=O) groups is 1. The molecule has 2 atom stereocenters. The monoisotopic (exact) mass is 429 g/mol. The Morgan fingerprint density at radius 2 is 2.26 bits per heavy atom. The number of rotatable bonds is 7. The third-order valence-corrected chi connectivity index (χ3v) is 5.04. The van der Waals surface area contributed by atoms with Crippen molar-refractivity contribution in [2.75, 3.05) is 37.5 Å². The maximum atomic E-state index is 14.6. The van der Waals surface area contributed by atoms with Crippen LogP contribution in [-0.4, -0.2) is 65.6 Å². The van der Waals surface area contributed by atoms with Crippen molar-refractivity contribution in [3.05, 3.63) is 42.5 Å². The van der Waals surface area contributed by atoms with E-state index in [-0.39, 0.29) is 6.54 Å². The molecule has 10 heteroatoms. The first kappa shape index (κ1) is 22.3. The zero-order valence-corrected chi connectivity index (χ0v) is 18.2. The molecule has 1 fully saturated rings. The number of carbonyl (C=O) groups excluding carboxylic acids is 1. The van der Waals surface area contributed by atoms with Crippen LogP contribution in [0.2, 0.25) is 0 Å². The minimum atomic E-state index is -1.22. The van der Waals surface area contributed by atoms with Crippen LogP contribution in [-0.2, 0) is 9.53 Å². The molecule has 1 aliphatic heterocycles. The van der Waals surface area contributed by atoms with Crippen LogP contribution in [0.15, 0.2) is 41.8 Å². The number of methoxy groups -OCH3 is 1. The molecule has 1 amide bonds. The van der Waals surface area contributed by atoms with Crippen molar-refractivity contribution in [3.8, 4) is 0 Å². The molecule has 31 heavy (non-hydrogen) atoms. The van der Waals surface area contributed by atoms with Gasteiger partial charge in [-0.1, -0.05) is 19.6 Å². The molecule has 0 aromatic carbocycles. The van der Waals surface area contributed by atoms with Gasteiger partial charge in [-0.25, -0.2) is 14.4 Å². The van der Waals surface area contributed by atoms with E-state index in [1.165, 1.54) is 0 Å². The topological polar surface area (TPSA) is 96.2 Å². The molecular weight excluding hydrogens is 401 g/mol. The van der Waals surface area contributed by atoms with E-state index in [1.807, 2.05) is 30.5 Å². The number of hydrogen-bond acceptors (Lipinski definition) is 7. The Bertz CT molecular complexity index is 1030. The van der Waals surface area contributed by atoms with Crippen LogP contribution >= 0.6 is 0 Å². The number of amides is 1. The van der Waals surface area contributed by atoms with Crippen molar-refractivity contribution >= 4 is 29.1 Å². The van der Waals surface area contributed by atoms with Gasteiger partial charge in [-0.3, -0.25) is 14.2 Å². The molecule has 0 saturated carbocycles. The van der Waals surface area contributed by atoms with Crippen LogP contribution in [0.1, 0.15) is 19.0 Å². The molecule has 2 aromatic rings. The first-order valence-electron chi connectivity index (χ1n) is 10.1. The van der Waals surface area contributed by atoms with Gasteiger partial charge in [0.2, 0.25) is 11.8 Å². The highest BCUT2D eigenvalue weighted by Crippen LogP contribution is 2.26. The van der Waals surface area contributed by atoms with Crippen molar-refractivity contribution in [2.24, 2.45) is 4.99 Å². The average molecular weight is 430 g/mol. The average Bonchev–Trinajstić information content (AvgIpc) is 3.31. The van der Waals surface area contributed by atoms with Crippen molar-refractivity contribution < 1.29 is 13.9 Å². The number of halogens is 1. The SMILES string of the molecule is C=CC(=O)NC1CN(c2cn3c(C)cnc3c(N/C(=C/CC)C(=NC)OC)n2)CC1F. The summed E-state index contributed by atoms with van der Waals surface area (Å²) in [7, 11) is 3.20. The molecule has 0 bridgehead atoms. The van der Waals surface area contributed by atoms with Gasteiger partial charge >= 0.3 is 0 Å². The van der Waals surface area contributed by atoms with Crippen LogP contribution in [0, 0.1) is 6.92 Å². The van der Waals surface area contributed by atoms with Gasteiger partial charge in [0.1, 0.15) is 12.0 Å². The predicted molar refractivity (Wildman–Crippen MR) is 119 cm³/mol. The normalized spacial score (nSPS) is 19.6. The number of nitrogens with zero attached hydrogens (tertiary/aromatic N) is 5. The van der Waals surface area contributed by atoms with Crippen molar-refractivity contribution in [3.63, 3.8) is 0 Å². The number of fused-ring (bicyclic) bond motifs is 1. The van der Waals surface area contributed by atoms with Gasteiger partial charge in [-0.05, 0) is 19.4 Å². The number of ether oxygens (including phenoxy) is 1. The van der Waals surface area contributed by atoms with E-state index in [0.717, 1.165) is 18.2 Å². The Morgan fingerprint density at radius 1 is 1.48 bits per heavy atom. The summed E-state index contributed by atoms with van der Waals surface area (Å²) in [6.07, 6.45) is 6.19. The van der Waals surface area contributed by atoms with E-state index in [0.29, 0.717) is 35.4 Å². The molecule has 0 spiro atoms. The fourth-order valence-corrected chi connectivity index (χ4v) is 3.50. The highest BCUT2D eigenvalue weighted by atomic mass is 19.1. The molecule has 1 saturated heterocycles. The zero-order chi connectivity index (χ0) is 22.5. The third-order valence-electron chi connectivity index (χ3n) is 5.04. The van der Waals surface area contributed by atoms with Gasteiger partial charge in [-0.2, -0.15) is 0 Å². The molecule has 3 heterocycles. The molecule has 0 aliphatic carbocycles. The summed E-state index contributed by atoms with van der Waals surface area (Å²) in [6.45, 7) is 7.77. The Hall–Kier alpha value is -3.43. The fraction of sp³-hybridized carbons (Fsp3) is 0.429. The number of hydrogen-bond donors (Lipinski definition) is 2. The number of anilines is 2. The van der Waals surface area contributed by atoms with E-state index < -0.39 is 18.1 Å². The van der Waals surface area contributed by atoms with Crippen LogP contribution in [0.3, 0.4) is 0 Å². The number of aliphatic imine (C=N–C) groups is 1. The van der Waals surface area contributed by atoms with E-state index in [1.54, 1.807) is 25.3 Å². The van der Waals surface area contributed by atoms with Crippen molar-refractivity contribution in [2.45, 2.75) is 32.5 Å². The highest BCUT2D eigenvalue weighted by Gasteiger charge is 2.35. The highest BCUT2D eigenvalue weighted by molar-refractivity contribution is 5.97. The second-order valence-corrected chi connectivity index (χ2v) is 7.17. The first-order chi connectivity index (χ1) is 14.9. The van der Waals surface area contributed by atoms with E-state index >= 15 is 0 Å². The maximum Gasteiger partial charge on any atom is 0.243 e. The number of aromatic nitrogens is 3. The number of alkyl halides is 1. The van der Waals surface area contributed by atoms with Crippen LogP contribution in [0.25, 0.3) is 5.65 Å². The molecule has 2 unspecified atom stereocenters. The lowest BCUT2D eigenvalue weighted by Crippen LogP contribution is -2.40. The summed E-state index contributed by atoms with van der Waals surface area (Å²) < 4.78 is 21.8. The van der Waals surface area contributed by atoms with E-state index in [4.69, 9.17) is 9.72 Å². The smallest absolute Gasteiger partial charge is 0.243 e. The summed E-state index contributed by atoms with van der Waals surface area (Å²) in [6, 6.07) is -0.633. The third kappa shape index (κ3) is 4.68. The van der Waals surface area contributed by atoms with Crippen LogP contribution < -0.4 is 15.5 Å². The summed E-state index contributed by atoms with van der Waals surface area (Å²) >= 11 is 0. The van der Waals surface area contributed by atoms with Gasteiger partial charge in [0.25, 0.3) is 0 Å². The zero-order valence-electron chi connectivity index (χ0n) is 18.2. The molecule has 3 rings (SSSR count). The first-order valence-corrected chi connectivity index (χ1v) is 10.1. The second-order valence-electron chi connectivity index (χ2n) is 7.17. The molecular formula is C21H28FN7O2. The van der Waals surface area contributed by atoms with Crippen LogP contribution in [0.5, 0.6) is 0 Å². The summed E-state index contributed by atoms with van der Waals surface area (Å²) in [5.41, 5.74) is 2.20. The minimum Gasteiger partial charge on any atom is -0.480 e. The number of aryl methyl sites for hydroxylation is 1. The van der Waals surface area contributed by atoms with Gasteiger partial charge in [0, 0.05) is 25.5 Å². The Kier molecular flexibility index (Phi) is 6.88. The molecule has 2 N–H and O–H groups in total. The number of allylic oxidation sites excluding steroid dienone is 1. The van der Waals surface area contributed by atoms with E-state index in [9.17, 15) is 9.18 Å². The molecule has 2 aromatic heterocycles. The van der Waals surface area contributed by atoms with Crippen molar-refractivity contribution in [1.29, 1.82) is 0 Å². The molecule has 1 aliphatic rings. The quantitative estimate of drug-likeness (QED) is 0.398. The predicted octanol–water partition coefficient (Wildman–Crippen LogP) is 2.25. The fourth-order valence-electron chi connectivity index (χ4n) is 3.50. The van der Waals surface area contributed by atoms with Gasteiger partial charge < -0.3 is 20.3 Å². The summed E-state index contributed by atoms with van der Waals surface area (Å²) in [4.78, 5) is 26.8. The Morgan fingerprint density at radius 3 is 2.90 bits per heavy atom. The van der Waals surface area contributed by atoms with Gasteiger partial charge in [0.05, 0.1) is 31.6 Å². The lowest BCUT2D eigenvalue weighted by molar-refractivity contribution is -0.117. The summed E-state index contributed by atoms with van der Waals surface area (Å²) in [5.74, 6) is 1.11. The van der Waals surface area contributed by atoms with Crippen LogP contribution in [0.4, 0.5) is 16.0 Å². The number of nitrogens with one attached hydrogen (secondary N) is 2. The van der Waals surface area contributed by atoms with E-state index in [2.05, 4.69) is 27.2 Å². The maximum absolute atomic E-state index is 14.6. The van der Waals surface area contributed by atoms with Crippen molar-refractivity contribution in [1.82, 2.24) is 19.7 Å². The largest absolute Gasteiger partial charge is 0.480 e.